The molecular formula is C6H11NO4. The van der Waals surface area contributed by atoms with Gasteiger partial charge in [-0.3, -0.25) is 10.1 Å². The Morgan fingerprint density at radius 3 is 2.45 bits per heavy atom. The normalized spacial score (nSPS) is 11.2. The van der Waals surface area contributed by atoms with Crippen LogP contribution in [-0.4, -0.2) is 25.4 Å². The smallest absolute Gasteiger partial charge is 0.230 e. The Bertz CT molecular complexity index is 142. The summed E-state index contributed by atoms with van der Waals surface area (Å²) in [5.74, 6) is 0. The largest absolute Gasteiger partial charge is 0.356 e. The highest BCUT2D eigenvalue weighted by atomic mass is 16.7. The molecule has 0 rings (SSSR count). The van der Waals surface area contributed by atoms with Crippen molar-refractivity contribution in [2.75, 3.05) is 14.2 Å². The van der Waals surface area contributed by atoms with Crippen molar-refractivity contribution in [2.45, 2.75) is 12.7 Å². The Morgan fingerprint density at radius 1 is 1.55 bits per heavy atom. The molecule has 0 atom stereocenters. The van der Waals surface area contributed by atoms with Crippen LogP contribution >= 0.6 is 0 Å². The van der Waals surface area contributed by atoms with E-state index in [-0.39, 0.29) is 0 Å². The number of nitro groups is 1. The van der Waals surface area contributed by atoms with Gasteiger partial charge in [0.2, 0.25) is 6.20 Å². The van der Waals surface area contributed by atoms with Crippen molar-refractivity contribution < 1.29 is 14.4 Å². The molecule has 5 heteroatoms. The highest BCUT2D eigenvalue weighted by Gasteiger charge is 2.01. The van der Waals surface area contributed by atoms with Gasteiger partial charge in [-0.15, -0.1) is 0 Å². The summed E-state index contributed by atoms with van der Waals surface area (Å²) < 4.78 is 9.57. The zero-order valence-electron chi connectivity index (χ0n) is 6.52. The SMILES string of the molecule is COC(C/C=C/[N+](=O)[O-])OC. The van der Waals surface area contributed by atoms with Crippen LogP contribution < -0.4 is 0 Å². The second-order valence-corrected chi connectivity index (χ2v) is 1.81. The first-order valence-corrected chi connectivity index (χ1v) is 3.06. The molecular weight excluding hydrogens is 150 g/mol. The van der Waals surface area contributed by atoms with E-state index < -0.39 is 11.2 Å². The van der Waals surface area contributed by atoms with Crippen molar-refractivity contribution in [3.05, 3.63) is 22.4 Å². The molecule has 0 fully saturated rings. The number of hydrogen-bond acceptors (Lipinski definition) is 4. The first kappa shape index (κ1) is 10.1. The Morgan fingerprint density at radius 2 is 2.09 bits per heavy atom. The lowest BCUT2D eigenvalue weighted by atomic mass is 10.4. The summed E-state index contributed by atoms with van der Waals surface area (Å²) >= 11 is 0. The van der Waals surface area contributed by atoms with Gasteiger partial charge in [0.25, 0.3) is 0 Å². The monoisotopic (exact) mass is 161 g/mol. The van der Waals surface area contributed by atoms with E-state index in [1.165, 1.54) is 20.3 Å². The van der Waals surface area contributed by atoms with Crippen LogP contribution in [0.25, 0.3) is 0 Å². The van der Waals surface area contributed by atoms with Crippen molar-refractivity contribution in [3.63, 3.8) is 0 Å². The van der Waals surface area contributed by atoms with Crippen molar-refractivity contribution in [3.8, 4) is 0 Å². The third kappa shape index (κ3) is 5.50. The number of ether oxygens (including phenoxy) is 2. The number of nitrogens with zero attached hydrogens (tertiary/aromatic N) is 1. The molecule has 0 aromatic heterocycles. The second kappa shape index (κ2) is 5.82. The highest BCUT2D eigenvalue weighted by Crippen LogP contribution is 1.97. The standard InChI is InChI=1S/C6H11NO4/c1-10-6(11-2)4-3-5-7(8)9/h3,5-6H,4H2,1-2H3/b5-3+. The lowest BCUT2D eigenvalue weighted by Gasteiger charge is -2.08. The average molecular weight is 161 g/mol. The molecule has 0 aliphatic heterocycles. The van der Waals surface area contributed by atoms with Gasteiger partial charge in [-0.05, 0) is 6.08 Å². The maximum Gasteiger partial charge on any atom is 0.230 e. The Kier molecular flexibility index (Phi) is 5.32. The van der Waals surface area contributed by atoms with E-state index in [0.29, 0.717) is 6.42 Å². The highest BCUT2D eigenvalue weighted by molar-refractivity contribution is 4.73. The molecule has 0 bridgehead atoms. The van der Waals surface area contributed by atoms with E-state index in [1.54, 1.807) is 0 Å². The van der Waals surface area contributed by atoms with Crippen LogP contribution in [0.4, 0.5) is 0 Å². The van der Waals surface area contributed by atoms with Gasteiger partial charge in [-0.25, -0.2) is 0 Å². The molecule has 0 aromatic carbocycles. The van der Waals surface area contributed by atoms with Crippen LogP contribution in [0.15, 0.2) is 12.3 Å². The van der Waals surface area contributed by atoms with Crippen molar-refractivity contribution >= 4 is 0 Å². The number of rotatable bonds is 5. The third-order valence-electron chi connectivity index (χ3n) is 1.08. The zero-order chi connectivity index (χ0) is 8.69. The van der Waals surface area contributed by atoms with E-state index in [0.717, 1.165) is 6.20 Å². The fraction of sp³-hybridized carbons (Fsp3) is 0.667. The minimum absolute atomic E-state index is 0.383. The molecule has 0 aliphatic carbocycles. The van der Waals surface area contributed by atoms with Crippen molar-refractivity contribution in [1.29, 1.82) is 0 Å². The summed E-state index contributed by atoms with van der Waals surface area (Å²) in [6.07, 6.45) is 2.24. The molecule has 0 radical (unpaired) electrons. The maximum atomic E-state index is 9.79. The summed E-state index contributed by atoms with van der Waals surface area (Å²) in [5.41, 5.74) is 0. The molecule has 0 aliphatic rings. The Labute approximate surface area is 64.8 Å². The van der Waals surface area contributed by atoms with Gasteiger partial charge >= 0.3 is 0 Å². The predicted octanol–water partition coefficient (Wildman–Crippen LogP) is 0.786. The van der Waals surface area contributed by atoms with Crippen LogP contribution in [0.2, 0.25) is 0 Å². The first-order valence-electron chi connectivity index (χ1n) is 3.06. The summed E-state index contributed by atoms with van der Waals surface area (Å²) in [4.78, 5) is 9.27. The van der Waals surface area contributed by atoms with Crippen LogP contribution in [0, 0.1) is 10.1 Å². The molecule has 0 aromatic rings. The third-order valence-corrected chi connectivity index (χ3v) is 1.08. The van der Waals surface area contributed by atoms with Gasteiger partial charge in [-0.1, -0.05) is 0 Å². The molecule has 0 saturated heterocycles. The van der Waals surface area contributed by atoms with Gasteiger partial charge in [-0.2, -0.15) is 0 Å². The molecule has 0 spiro atoms. The Hall–Kier alpha value is -0.940. The summed E-state index contributed by atoms with van der Waals surface area (Å²) in [7, 11) is 2.96. The maximum absolute atomic E-state index is 9.79. The van der Waals surface area contributed by atoms with Gasteiger partial charge in [0.15, 0.2) is 6.29 Å². The van der Waals surface area contributed by atoms with Crippen LogP contribution in [-0.2, 0) is 9.47 Å². The molecule has 64 valence electrons. The van der Waals surface area contributed by atoms with Crippen molar-refractivity contribution in [2.24, 2.45) is 0 Å². The molecule has 0 saturated carbocycles. The van der Waals surface area contributed by atoms with Crippen LogP contribution in [0.3, 0.4) is 0 Å². The molecule has 11 heavy (non-hydrogen) atoms. The molecule has 0 heterocycles. The van der Waals surface area contributed by atoms with E-state index in [4.69, 9.17) is 9.47 Å². The number of hydrogen-bond donors (Lipinski definition) is 0. The molecule has 5 nitrogen and oxygen atoms in total. The number of methoxy groups -OCH3 is 2. The van der Waals surface area contributed by atoms with E-state index in [2.05, 4.69) is 0 Å². The summed E-state index contributed by atoms with van der Waals surface area (Å²) in [6, 6.07) is 0. The Balaban J connectivity index is 3.57. The lowest BCUT2D eigenvalue weighted by Crippen LogP contribution is -2.11. The van der Waals surface area contributed by atoms with Gasteiger partial charge in [0.05, 0.1) is 4.92 Å². The lowest BCUT2D eigenvalue weighted by molar-refractivity contribution is -0.402. The van der Waals surface area contributed by atoms with Gasteiger partial charge < -0.3 is 9.47 Å². The van der Waals surface area contributed by atoms with E-state index >= 15 is 0 Å². The van der Waals surface area contributed by atoms with E-state index in [9.17, 15) is 10.1 Å². The quantitative estimate of drug-likeness (QED) is 0.339. The molecule has 0 amide bonds. The fourth-order valence-corrected chi connectivity index (χ4v) is 0.547. The summed E-state index contributed by atoms with van der Waals surface area (Å²) in [6.45, 7) is 0. The zero-order valence-corrected chi connectivity index (χ0v) is 6.52. The first-order chi connectivity index (χ1) is 5.20. The van der Waals surface area contributed by atoms with Gasteiger partial charge in [0, 0.05) is 20.6 Å². The average Bonchev–Trinajstić information content (AvgIpc) is 1.98. The summed E-state index contributed by atoms with van der Waals surface area (Å²) in [5, 5.41) is 9.79. The van der Waals surface area contributed by atoms with Crippen LogP contribution in [0.1, 0.15) is 6.42 Å². The fourth-order valence-electron chi connectivity index (χ4n) is 0.547. The van der Waals surface area contributed by atoms with Crippen molar-refractivity contribution in [1.82, 2.24) is 0 Å². The second-order valence-electron chi connectivity index (χ2n) is 1.81. The minimum Gasteiger partial charge on any atom is -0.356 e. The van der Waals surface area contributed by atoms with E-state index in [1.807, 2.05) is 0 Å². The van der Waals surface area contributed by atoms with Crippen LogP contribution in [0.5, 0.6) is 0 Å². The van der Waals surface area contributed by atoms with Gasteiger partial charge in [0.1, 0.15) is 0 Å². The predicted molar refractivity (Wildman–Crippen MR) is 38.6 cm³/mol. The molecule has 0 N–H and O–H groups in total. The molecule has 0 unspecified atom stereocenters. The topological polar surface area (TPSA) is 61.6 Å². The minimum atomic E-state index is -0.525.